The van der Waals surface area contributed by atoms with Gasteiger partial charge in [0.1, 0.15) is 11.0 Å². The fourth-order valence-corrected chi connectivity index (χ4v) is 3.39. The van der Waals surface area contributed by atoms with Gasteiger partial charge in [-0.2, -0.15) is 0 Å². The largest absolute Gasteiger partial charge is 0.322 e. The lowest BCUT2D eigenvalue weighted by Crippen LogP contribution is -2.31. The lowest BCUT2D eigenvalue weighted by Gasteiger charge is -2.28. The summed E-state index contributed by atoms with van der Waals surface area (Å²) in [4.78, 5) is 11.2. The van der Waals surface area contributed by atoms with Crippen molar-refractivity contribution >= 4 is 23.2 Å². The first-order valence-electron chi connectivity index (χ1n) is 8.52. The molecule has 3 aromatic rings. The highest BCUT2D eigenvalue weighted by Gasteiger charge is 2.22. The van der Waals surface area contributed by atoms with E-state index in [0.717, 1.165) is 30.8 Å². The molecule has 0 bridgehead atoms. The summed E-state index contributed by atoms with van der Waals surface area (Å²) < 4.78 is 13.8. The normalized spacial score (nSPS) is 14.1. The van der Waals surface area contributed by atoms with Gasteiger partial charge in [-0.15, -0.1) is 0 Å². The number of aromatic nitrogens is 2. The van der Waals surface area contributed by atoms with Crippen LogP contribution in [0.25, 0.3) is 0 Å². The summed E-state index contributed by atoms with van der Waals surface area (Å²) in [5.74, 6) is -0.0191. The van der Waals surface area contributed by atoms with Gasteiger partial charge in [-0.1, -0.05) is 54.1 Å². The van der Waals surface area contributed by atoms with Gasteiger partial charge in [-0.3, -0.25) is 4.90 Å². The van der Waals surface area contributed by atoms with Crippen molar-refractivity contribution in [3.05, 3.63) is 82.4 Å². The molecule has 0 unspecified atom stereocenters. The SMILES string of the molecule is Fc1ccccc1Nc1nc(Cl)c2c(n1)CCN(Cc1ccccc1)C2. The molecule has 26 heavy (non-hydrogen) atoms. The molecule has 0 saturated carbocycles. The fourth-order valence-electron chi connectivity index (χ4n) is 3.15. The van der Waals surface area contributed by atoms with Crippen molar-refractivity contribution in [1.29, 1.82) is 0 Å². The third-order valence-corrected chi connectivity index (χ3v) is 4.77. The zero-order valence-corrected chi connectivity index (χ0v) is 14.9. The minimum atomic E-state index is -0.348. The van der Waals surface area contributed by atoms with Crippen LogP contribution in [-0.4, -0.2) is 21.4 Å². The smallest absolute Gasteiger partial charge is 0.228 e. The van der Waals surface area contributed by atoms with Crippen LogP contribution >= 0.6 is 11.6 Å². The highest BCUT2D eigenvalue weighted by atomic mass is 35.5. The van der Waals surface area contributed by atoms with Crippen molar-refractivity contribution in [3.8, 4) is 0 Å². The summed E-state index contributed by atoms with van der Waals surface area (Å²) in [6, 6.07) is 16.8. The first kappa shape index (κ1) is 16.9. The maximum atomic E-state index is 13.8. The van der Waals surface area contributed by atoms with E-state index in [-0.39, 0.29) is 5.82 Å². The number of nitrogens with zero attached hydrogens (tertiary/aromatic N) is 3. The number of rotatable bonds is 4. The van der Waals surface area contributed by atoms with Crippen molar-refractivity contribution in [2.24, 2.45) is 0 Å². The van der Waals surface area contributed by atoms with Crippen molar-refractivity contribution in [3.63, 3.8) is 0 Å². The molecule has 132 valence electrons. The molecule has 1 N–H and O–H groups in total. The van der Waals surface area contributed by atoms with E-state index in [9.17, 15) is 4.39 Å². The van der Waals surface area contributed by atoms with E-state index < -0.39 is 0 Å². The molecule has 6 heteroatoms. The molecule has 0 amide bonds. The Hall–Kier alpha value is -2.50. The van der Waals surface area contributed by atoms with E-state index in [1.807, 2.05) is 18.2 Å². The average Bonchev–Trinajstić information content (AvgIpc) is 2.65. The van der Waals surface area contributed by atoms with Crippen molar-refractivity contribution in [2.45, 2.75) is 19.5 Å². The summed E-state index contributed by atoms with van der Waals surface area (Å²) in [6.07, 6.45) is 0.788. The van der Waals surface area contributed by atoms with E-state index >= 15 is 0 Å². The summed E-state index contributed by atoms with van der Waals surface area (Å²) >= 11 is 6.41. The third kappa shape index (κ3) is 3.69. The molecular weight excluding hydrogens is 351 g/mol. The van der Waals surface area contributed by atoms with Crippen LogP contribution in [0.5, 0.6) is 0 Å². The third-order valence-electron chi connectivity index (χ3n) is 4.46. The quantitative estimate of drug-likeness (QED) is 0.685. The van der Waals surface area contributed by atoms with E-state index in [2.05, 4.69) is 32.3 Å². The van der Waals surface area contributed by atoms with Crippen LogP contribution in [0.2, 0.25) is 5.15 Å². The van der Waals surface area contributed by atoms with E-state index in [1.54, 1.807) is 18.2 Å². The molecule has 0 saturated heterocycles. The zero-order chi connectivity index (χ0) is 17.9. The summed E-state index contributed by atoms with van der Waals surface area (Å²) in [7, 11) is 0. The van der Waals surface area contributed by atoms with Crippen LogP contribution < -0.4 is 5.32 Å². The van der Waals surface area contributed by atoms with Crippen molar-refractivity contribution in [1.82, 2.24) is 14.9 Å². The predicted molar refractivity (Wildman–Crippen MR) is 101 cm³/mol. The monoisotopic (exact) mass is 368 g/mol. The molecule has 2 heterocycles. The summed E-state index contributed by atoms with van der Waals surface area (Å²) in [5, 5.41) is 3.34. The number of hydrogen-bond donors (Lipinski definition) is 1. The number of fused-ring (bicyclic) bond motifs is 1. The highest BCUT2D eigenvalue weighted by molar-refractivity contribution is 6.30. The molecular formula is C20H18ClFN4. The van der Waals surface area contributed by atoms with Crippen molar-refractivity contribution in [2.75, 3.05) is 11.9 Å². The Balaban J connectivity index is 1.53. The zero-order valence-electron chi connectivity index (χ0n) is 14.1. The molecule has 0 fully saturated rings. The molecule has 4 rings (SSSR count). The van der Waals surface area contributed by atoms with Crippen LogP contribution in [-0.2, 0) is 19.5 Å². The maximum absolute atomic E-state index is 13.8. The fraction of sp³-hybridized carbons (Fsp3) is 0.200. The number of nitrogens with one attached hydrogen (secondary N) is 1. The Labute approximate surface area is 156 Å². The number of benzene rings is 2. The second-order valence-electron chi connectivity index (χ2n) is 6.31. The molecule has 1 aliphatic heterocycles. The van der Waals surface area contributed by atoms with Crippen LogP contribution in [0.1, 0.15) is 16.8 Å². The minimum Gasteiger partial charge on any atom is -0.322 e. The van der Waals surface area contributed by atoms with Gasteiger partial charge >= 0.3 is 0 Å². The molecule has 1 aliphatic rings. The van der Waals surface area contributed by atoms with Gasteiger partial charge in [-0.25, -0.2) is 14.4 Å². The van der Waals surface area contributed by atoms with E-state index in [0.29, 0.717) is 23.3 Å². The molecule has 0 spiro atoms. The molecule has 0 radical (unpaired) electrons. The van der Waals surface area contributed by atoms with Crippen LogP contribution in [0.3, 0.4) is 0 Å². The van der Waals surface area contributed by atoms with Crippen LogP contribution in [0.4, 0.5) is 16.0 Å². The summed E-state index contributed by atoms with van der Waals surface area (Å²) in [5.41, 5.74) is 3.48. The highest BCUT2D eigenvalue weighted by Crippen LogP contribution is 2.27. The van der Waals surface area contributed by atoms with Crippen LogP contribution in [0.15, 0.2) is 54.6 Å². The number of halogens is 2. The first-order valence-corrected chi connectivity index (χ1v) is 8.90. The van der Waals surface area contributed by atoms with Crippen molar-refractivity contribution < 1.29 is 4.39 Å². The molecule has 4 nitrogen and oxygen atoms in total. The first-order chi connectivity index (χ1) is 12.7. The van der Waals surface area contributed by atoms with Crippen LogP contribution in [0, 0.1) is 5.82 Å². The molecule has 1 aromatic heterocycles. The van der Waals surface area contributed by atoms with E-state index in [4.69, 9.17) is 11.6 Å². The minimum absolute atomic E-state index is 0.329. The van der Waals surface area contributed by atoms with Gasteiger partial charge in [0.05, 0.1) is 11.4 Å². The standard InChI is InChI=1S/C20H18ClFN4/c21-19-15-13-26(12-14-6-2-1-3-7-14)11-10-17(15)23-20(25-19)24-18-9-5-4-8-16(18)22/h1-9H,10-13H2,(H,23,24,25). The second kappa shape index (κ2) is 7.40. The van der Waals surface area contributed by atoms with E-state index in [1.165, 1.54) is 11.6 Å². The molecule has 0 aliphatic carbocycles. The van der Waals surface area contributed by atoms with Gasteiger partial charge in [0.15, 0.2) is 0 Å². The lowest BCUT2D eigenvalue weighted by molar-refractivity contribution is 0.243. The van der Waals surface area contributed by atoms with Gasteiger partial charge in [-0.05, 0) is 17.7 Å². The molecule has 0 atom stereocenters. The topological polar surface area (TPSA) is 41.1 Å². The molecule has 2 aromatic carbocycles. The Morgan fingerprint density at radius 1 is 1.04 bits per heavy atom. The average molecular weight is 369 g/mol. The predicted octanol–water partition coefficient (Wildman–Crippen LogP) is 4.57. The Morgan fingerprint density at radius 2 is 1.81 bits per heavy atom. The second-order valence-corrected chi connectivity index (χ2v) is 6.67. The Kier molecular flexibility index (Phi) is 4.82. The Morgan fingerprint density at radius 3 is 2.62 bits per heavy atom. The van der Waals surface area contributed by atoms with Gasteiger partial charge < -0.3 is 5.32 Å². The van der Waals surface area contributed by atoms with Gasteiger partial charge in [0, 0.05) is 31.6 Å². The summed E-state index contributed by atoms with van der Waals surface area (Å²) in [6.45, 7) is 2.48. The lowest BCUT2D eigenvalue weighted by atomic mass is 10.1. The van der Waals surface area contributed by atoms with Gasteiger partial charge in [0.2, 0.25) is 5.95 Å². The maximum Gasteiger partial charge on any atom is 0.228 e. The number of para-hydroxylation sites is 1. The number of anilines is 2. The number of hydrogen-bond acceptors (Lipinski definition) is 4. The van der Waals surface area contributed by atoms with Gasteiger partial charge in [0.25, 0.3) is 0 Å². The Bertz CT molecular complexity index is 917.